The number of hydrogen-bond acceptors (Lipinski definition) is 7. The lowest BCUT2D eigenvalue weighted by atomic mass is 10.1. The number of thiazole rings is 1. The maximum Gasteiger partial charge on any atom is 0.424 e. The van der Waals surface area contributed by atoms with Crippen LogP contribution in [0.2, 0.25) is 0 Å². The van der Waals surface area contributed by atoms with Crippen molar-refractivity contribution in [2.75, 3.05) is 0 Å². The molecule has 31 heavy (non-hydrogen) atoms. The lowest BCUT2D eigenvalue weighted by molar-refractivity contribution is 0.208. The van der Waals surface area contributed by atoms with Crippen molar-refractivity contribution in [3.05, 3.63) is 53.1 Å². The van der Waals surface area contributed by atoms with Gasteiger partial charge in [-0.25, -0.2) is 14.8 Å². The van der Waals surface area contributed by atoms with Crippen LogP contribution in [0.5, 0.6) is 5.06 Å². The van der Waals surface area contributed by atoms with Gasteiger partial charge in [0.05, 0.1) is 5.01 Å². The zero-order valence-electron chi connectivity index (χ0n) is 17.8. The van der Waals surface area contributed by atoms with E-state index in [2.05, 4.69) is 42.2 Å². The Morgan fingerprint density at radius 3 is 2.58 bits per heavy atom. The standard InChI is InChI=1S/C21H26N4O4S2/c1-13(2)11-17-23-18(20(30-17)29-21(26)24-31(27)28)16-7-5-15(6-8-16)12-25-10-9-22-19(25)14(3)4/h5-10,13-14H,11-12H2,1-4H3,(H,24,26)(H,27,28)/p-1. The fourth-order valence-corrected chi connectivity index (χ4v) is 4.45. The van der Waals surface area contributed by atoms with Crippen LogP contribution in [-0.2, 0) is 24.2 Å². The van der Waals surface area contributed by atoms with Crippen molar-refractivity contribution in [3.8, 4) is 16.3 Å². The second-order valence-corrected chi connectivity index (χ2v) is 9.55. The van der Waals surface area contributed by atoms with Gasteiger partial charge in [-0.05, 0) is 11.5 Å². The number of carbonyl (C=O) groups excluding carboxylic acids is 1. The summed E-state index contributed by atoms with van der Waals surface area (Å²) >= 11 is -1.50. The van der Waals surface area contributed by atoms with Gasteiger partial charge in [0.1, 0.15) is 11.5 Å². The molecule has 1 aromatic carbocycles. The summed E-state index contributed by atoms with van der Waals surface area (Å²) in [4.78, 5) is 20.9. The highest BCUT2D eigenvalue weighted by Crippen LogP contribution is 2.36. The first-order valence-electron chi connectivity index (χ1n) is 9.90. The zero-order chi connectivity index (χ0) is 22.5. The molecule has 0 radical (unpaired) electrons. The highest BCUT2D eigenvalue weighted by molar-refractivity contribution is 7.77. The summed E-state index contributed by atoms with van der Waals surface area (Å²) in [5.41, 5.74) is 2.41. The Balaban J connectivity index is 1.84. The second kappa shape index (κ2) is 10.2. The van der Waals surface area contributed by atoms with Crippen molar-refractivity contribution >= 4 is 28.7 Å². The molecule has 0 aliphatic rings. The molecule has 0 fully saturated rings. The van der Waals surface area contributed by atoms with Crippen molar-refractivity contribution in [2.24, 2.45) is 5.92 Å². The third kappa shape index (κ3) is 6.22. The summed E-state index contributed by atoms with van der Waals surface area (Å²) in [6, 6.07) is 7.84. The fraction of sp³-hybridized carbons (Fsp3) is 0.381. The first-order chi connectivity index (χ1) is 14.7. The van der Waals surface area contributed by atoms with E-state index < -0.39 is 17.4 Å². The number of hydrogen-bond donors (Lipinski definition) is 1. The molecular formula is C21H25N4O4S2-. The molecule has 166 valence electrons. The number of benzene rings is 1. The molecule has 0 bridgehead atoms. The highest BCUT2D eigenvalue weighted by atomic mass is 32.2. The van der Waals surface area contributed by atoms with E-state index in [0.29, 0.717) is 24.1 Å². The van der Waals surface area contributed by atoms with Crippen LogP contribution in [-0.4, -0.2) is 29.4 Å². The van der Waals surface area contributed by atoms with Crippen molar-refractivity contribution in [1.29, 1.82) is 0 Å². The average Bonchev–Trinajstić information content (AvgIpc) is 3.28. The maximum atomic E-state index is 11.8. The fourth-order valence-electron chi connectivity index (χ4n) is 3.13. The van der Waals surface area contributed by atoms with Crippen molar-refractivity contribution in [1.82, 2.24) is 19.3 Å². The predicted molar refractivity (Wildman–Crippen MR) is 120 cm³/mol. The van der Waals surface area contributed by atoms with Crippen LogP contribution in [0.25, 0.3) is 11.3 Å². The Bertz CT molecular complexity index is 1060. The van der Waals surface area contributed by atoms with Gasteiger partial charge in [0.15, 0.2) is 0 Å². The topological polar surface area (TPSA) is 109 Å². The largest absolute Gasteiger partial charge is 0.755 e. The Morgan fingerprint density at radius 2 is 1.97 bits per heavy atom. The van der Waals surface area contributed by atoms with Crippen molar-refractivity contribution in [2.45, 2.75) is 46.6 Å². The van der Waals surface area contributed by atoms with Gasteiger partial charge in [0.2, 0.25) is 5.06 Å². The van der Waals surface area contributed by atoms with E-state index in [4.69, 9.17) is 4.74 Å². The normalized spacial score (nSPS) is 12.4. The molecule has 2 aromatic heterocycles. The summed E-state index contributed by atoms with van der Waals surface area (Å²) in [6.45, 7) is 9.07. The third-order valence-electron chi connectivity index (χ3n) is 4.42. The van der Waals surface area contributed by atoms with Crippen LogP contribution in [0.4, 0.5) is 4.79 Å². The van der Waals surface area contributed by atoms with E-state index in [1.807, 2.05) is 30.5 Å². The molecule has 0 saturated carbocycles. The summed E-state index contributed by atoms with van der Waals surface area (Å²) in [7, 11) is 0. The first kappa shape index (κ1) is 23.1. The van der Waals surface area contributed by atoms with Crippen molar-refractivity contribution in [3.63, 3.8) is 0 Å². The van der Waals surface area contributed by atoms with Crippen LogP contribution >= 0.6 is 11.3 Å². The van der Waals surface area contributed by atoms with Gasteiger partial charge in [0.25, 0.3) is 0 Å². The summed E-state index contributed by atoms with van der Waals surface area (Å²) in [5, 5.41) is 1.09. The van der Waals surface area contributed by atoms with E-state index >= 15 is 0 Å². The van der Waals surface area contributed by atoms with Gasteiger partial charge >= 0.3 is 6.09 Å². The molecule has 10 heteroatoms. The number of imidazole rings is 1. The number of amides is 1. The molecule has 8 nitrogen and oxygen atoms in total. The molecule has 0 saturated heterocycles. The SMILES string of the molecule is CC(C)Cc1nc(-c2ccc(Cn3ccnc3C(C)C)cc2)c(OC(=O)NS(=O)[O-])s1. The highest BCUT2D eigenvalue weighted by Gasteiger charge is 2.18. The number of ether oxygens (including phenoxy) is 1. The van der Waals surface area contributed by atoms with Gasteiger partial charge < -0.3 is 13.9 Å². The lowest BCUT2D eigenvalue weighted by Crippen LogP contribution is -2.28. The Kier molecular flexibility index (Phi) is 7.58. The first-order valence-corrected chi connectivity index (χ1v) is 11.8. The summed E-state index contributed by atoms with van der Waals surface area (Å²) in [6.07, 6.45) is 3.44. The third-order valence-corrected chi connectivity index (χ3v) is 5.71. The molecule has 0 aliphatic carbocycles. The number of rotatable bonds is 8. The Morgan fingerprint density at radius 1 is 1.26 bits per heavy atom. The second-order valence-electron chi connectivity index (χ2n) is 7.83. The molecule has 1 amide bonds. The summed E-state index contributed by atoms with van der Waals surface area (Å²) < 4.78 is 30.5. The van der Waals surface area contributed by atoms with E-state index in [-0.39, 0.29) is 5.06 Å². The molecule has 0 spiro atoms. The molecule has 1 atom stereocenters. The molecule has 3 rings (SSSR count). The molecule has 3 aromatic rings. The maximum absolute atomic E-state index is 11.8. The molecule has 1 unspecified atom stereocenters. The predicted octanol–water partition coefficient (Wildman–Crippen LogP) is 4.26. The Hall–Kier alpha value is -2.56. The molecular weight excluding hydrogens is 436 g/mol. The molecule has 2 heterocycles. The zero-order valence-corrected chi connectivity index (χ0v) is 19.5. The van der Waals surface area contributed by atoms with Crippen LogP contribution in [0.15, 0.2) is 36.7 Å². The lowest BCUT2D eigenvalue weighted by Gasteiger charge is -2.11. The van der Waals surface area contributed by atoms with E-state index in [1.165, 1.54) is 11.3 Å². The van der Waals surface area contributed by atoms with Gasteiger partial charge in [-0.3, -0.25) is 8.93 Å². The van der Waals surface area contributed by atoms with Crippen LogP contribution < -0.4 is 9.46 Å². The number of carbonyl (C=O) groups is 1. The number of aromatic nitrogens is 3. The van der Waals surface area contributed by atoms with Crippen LogP contribution in [0.3, 0.4) is 0 Å². The van der Waals surface area contributed by atoms with Crippen molar-refractivity contribution < 1.29 is 18.3 Å². The van der Waals surface area contributed by atoms with Gasteiger partial charge in [-0.1, -0.05) is 63.3 Å². The van der Waals surface area contributed by atoms with E-state index in [0.717, 1.165) is 28.4 Å². The number of nitrogens with one attached hydrogen (secondary N) is 1. The minimum atomic E-state index is -2.75. The summed E-state index contributed by atoms with van der Waals surface area (Å²) in [5.74, 6) is 1.74. The quantitative estimate of drug-likeness (QED) is 0.502. The minimum Gasteiger partial charge on any atom is -0.755 e. The molecule has 0 aliphatic heterocycles. The smallest absolute Gasteiger partial charge is 0.424 e. The monoisotopic (exact) mass is 461 g/mol. The van der Waals surface area contributed by atoms with E-state index in [9.17, 15) is 13.6 Å². The van der Waals surface area contributed by atoms with E-state index in [1.54, 1.807) is 10.9 Å². The molecule has 1 N–H and O–H groups in total. The minimum absolute atomic E-state index is 0.267. The van der Waals surface area contributed by atoms with Crippen LogP contribution in [0.1, 0.15) is 50.0 Å². The van der Waals surface area contributed by atoms with Gasteiger partial charge in [-0.15, -0.1) is 0 Å². The van der Waals surface area contributed by atoms with Crippen LogP contribution in [0, 0.1) is 5.92 Å². The van der Waals surface area contributed by atoms with Gasteiger partial charge in [-0.2, -0.15) is 0 Å². The number of nitrogens with zero attached hydrogens (tertiary/aromatic N) is 3. The van der Waals surface area contributed by atoms with Gasteiger partial charge in [0, 0.05) is 48.1 Å². The Labute approximate surface area is 188 Å². The average molecular weight is 462 g/mol.